The Labute approximate surface area is 167 Å². The molecule has 158 valence electrons. The van der Waals surface area contributed by atoms with E-state index in [1.807, 2.05) is 27.7 Å². The molecule has 0 saturated heterocycles. The summed E-state index contributed by atoms with van der Waals surface area (Å²) >= 11 is 0. The molecular formula is C20H30O7S. The molecule has 1 aromatic carbocycles. The number of benzene rings is 1. The zero-order valence-corrected chi connectivity index (χ0v) is 17.8. The Balaban J connectivity index is 2.99. The van der Waals surface area contributed by atoms with Gasteiger partial charge in [-0.1, -0.05) is 40.5 Å². The summed E-state index contributed by atoms with van der Waals surface area (Å²) in [7, 11) is -4.73. The maximum atomic E-state index is 12.3. The third kappa shape index (κ3) is 7.59. The van der Waals surface area contributed by atoms with E-state index < -0.39 is 27.0 Å². The second kappa shape index (κ2) is 11.2. The van der Waals surface area contributed by atoms with Gasteiger partial charge in [-0.15, -0.1) is 0 Å². The fourth-order valence-corrected chi connectivity index (χ4v) is 3.49. The maximum Gasteiger partial charge on any atom is 0.339 e. The van der Waals surface area contributed by atoms with Crippen LogP contribution in [0.5, 0.6) is 0 Å². The number of ether oxygens (including phenoxy) is 2. The maximum absolute atomic E-state index is 12.3. The highest BCUT2D eigenvalue weighted by atomic mass is 32.2. The van der Waals surface area contributed by atoms with Gasteiger partial charge in [-0.05, 0) is 42.9 Å². The zero-order chi connectivity index (χ0) is 21.3. The van der Waals surface area contributed by atoms with E-state index in [1.165, 1.54) is 6.07 Å². The second-order valence-electron chi connectivity index (χ2n) is 7.17. The van der Waals surface area contributed by atoms with Crippen molar-refractivity contribution in [3.05, 3.63) is 29.3 Å². The van der Waals surface area contributed by atoms with E-state index in [0.29, 0.717) is 0 Å². The number of carbonyl (C=O) groups is 2. The molecule has 28 heavy (non-hydrogen) atoms. The molecule has 0 heterocycles. The lowest BCUT2D eigenvalue weighted by Crippen LogP contribution is -2.17. The number of hydrogen-bond acceptors (Lipinski definition) is 6. The van der Waals surface area contributed by atoms with Crippen LogP contribution in [0.25, 0.3) is 0 Å². The van der Waals surface area contributed by atoms with Crippen molar-refractivity contribution in [1.29, 1.82) is 0 Å². The smallest absolute Gasteiger partial charge is 0.339 e. The zero-order valence-electron chi connectivity index (χ0n) is 16.9. The van der Waals surface area contributed by atoms with Gasteiger partial charge < -0.3 is 9.47 Å². The van der Waals surface area contributed by atoms with Crippen LogP contribution in [0.4, 0.5) is 0 Å². The molecule has 0 bridgehead atoms. The molecule has 0 aliphatic heterocycles. The summed E-state index contributed by atoms with van der Waals surface area (Å²) in [5, 5.41) is 0. The van der Waals surface area contributed by atoms with E-state index in [2.05, 4.69) is 0 Å². The molecule has 0 fully saturated rings. The molecule has 1 aromatic rings. The molecule has 0 aliphatic rings. The van der Waals surface area contributed by atoms with Gasteiger partial charge in [0.25, 0.3) is 10.1 Å². The second-order valence-corrected chi connectivity index (χ2v) is 8.56. The van der Waals surface area contributed by atoms with Gasteiger partial charge in [-0.3, -0.25) is 4.55 Å². The third-order valence-corrected chi connectivity index (χ3v) is 5.17. The summed E-state index contributed by atoms with van der Waals surface area (Å²) in [5.41, 5.74) is -0.380. The molecule has 7 nitrogen and oxygen atoms in total. The fourth-order valence-electron chi connectivity index (χ4n) is 2.78. The van der Waals surface area contributed by atoms with E-state index in [-0.39, 0.29) is 36.2 Å². The highest BCUT2D eigenvalue weighted by molar-refractivity contribution is 7.86. The van der Waals surface area contributed by atoms with Gasteiger partial charge in [0, 0.05) is 0 Å². The molecule has 1 N–H and O–H groups in total. The van der Waals surface area contributed by atoms with Gasteiger partial charge >= 0.3 is 11.9 Å². The van der Waals surface area contributed by atoms with Gasteiger partial charge in [0.1, 0.15) is 4.90 Å². The first-order valence-electron chi connectivity index (χ1n) is 9.55. The molecular weight excluding hydrogens is 384 g/mol. The van der Waals surface area contributed by atoms with E-state index in [4.69, 9.17) is 9.47 Å². The highest BCUT2D eigenvalue weighted by Crippen LogP contribution is 2.20. The van der Waals surface area contributed by atoms with Crippen LogP contribution in [0.1, 0.15) is 74.1 Å². The molecule has 2 unspecified atom stereocenters. The predicted molar refractivity (Wildman–Crippen MR) is 105 cm³/mol. The van der Waals surface area contributed by atoms with E-state index in [0.717, 1.165) is 37.8 Å². The standard InChI is InChI=1S/C20H30O7S/c1-5-7-14(3)12-26-19(21)16-9-10-17(18(11-16)28(23,24)25)20(22)27-13-15(4)8-6-2/h9-11,14-15H,5-8,12-13H2,1-4H3,(H,23,24,25). The number of carbonyl (C=O) groups excluding carboxylic acids is 2. The lowest BCUT2D eigenvalue weighted by Gasteiger charge is -2.14. The van der Waals surface area contributed by atoms with E-state index in [1.54, 1.807) is 0 Å². The van der Waals surface area contributed by atoms with E-state index in [9.17, 15) is 22.6 Å². The van der Waals surface area contributed by atoms with Crippen LogP contribution >= 0.6 is 0 Å². The minimum absolute atomic E-state index is 0.0628. The Morgan fingerprint density at radius 2 is 1.46 bits per heavy atom. The van der Waals surface area contributed by atoms with Gasteiger partial charge in [-0.25, -0.2) is 9.59 Å². The molecule has 0 saturated carbocycles. The third-order valence-electron chi connectivity index (χ3n) is 4.28. The topological polar surface area (TPSA) is 107 Å². The number of hydrogen-bond donors (Lipinski definition) is 1. The average Bonchev–Trinajstić information content (AvgIpc) is 2.63. The van der Waals surface area contributed by atoms with Crippen molar-refractivity contribution < 1.29 is 32.0 Å². The minimum atomic E-state index is -4.73. The van der Waals surface area contributed by atoms with Crippen molar-refractivity contribution >= 4 is 22.1 Å². The summed E-state index contributed by atoms with van der Waals surface area (Å²) in [6.45, 7) is 8.23. The Bertz CT molecular complexity index is 771. The quantitative estimate of drug-likeness (QED) is 0.429. The summed E-state index contributed by atoms with van der Waals surface area (Å²) in [5.74, 6) is -1.28. The Morgan fingerprint density at radius 1 is 0.964 bits per heavy atom. The molecule has 0 amide bonds. The van der Waals surface area contributed by atoms with Crippen LogP contribution in [-0.4, -0.2) is 38.1 Å². The molecule has 1 rings (SSSR count). The number of rotatable bonds is 11. The Morgan fingerprint density at radius 3 is 1.93 bits per heavy atom. The van der Waals surface area contributed by atoms with Crippen molar-refractivity contribution in [2.45, 2.75) is 58.3 Å². The summed E-state index contributed by atoms with van der Waals surface area (Å²) in [6.07, 6.45) is 3.65. The normalized spacial score (nSPS) is 13.6. The van der Waals surface area contributed by atoms with Crippen LogP contribution in [-0.2, 0) is 19.6 Å². The molecule has 0 aromatic heterocycles. The first-order chi connectivity index (χ1) is 13.1. The van der Waals surface area contributed by atoms with Gasteiger partial charge in [0.2, 0.25) is 0 Å². The van der Waals surface area contributed by atoms with Crippen molar-refractivity contribution in [3.8, 4) is 0 Å². The summed E-state index contributed by atoms with van der Waals surface area (Å²) in [6, 6.07) is 3.38. The van der Waals surface area contributed by atoms with Gasteiger partial charge in [-0.2, -0.15) is 8.42 Å². The van der Waals surface area contributed by atoms with Gasteiger partial charge in [0.05, 0.1) is 24.3 Å². The Kier molecular flexibility index (Phi) is 9.61. The summed E-state index contributed by atoms with van der Waals surface area (Å²) in [4.78, 5) is 23.8. The minimum Gasteiger partial charge on any atom is -0.462 e. The highest BCUT2D eigenvalue weighted by Gasteiger charge is 2.24. The molecule has 0 aliphatic carbocycles. The van der Waals surface area contributed by atoms with Gasteiger partial charge in [0.15, 0.2) is 0 Å². The lowest BCUT2D eigenvalue weighted by atomic mass is 10.1. The monoisotopic (exact) mass is 414 g/mol. The van der Waals surface area contributed by atoms with E-state index >= 15 is 0 Å². The average molecular weight is 415 g/mol. The van der Waals surface area contributed by atoms with Crippen LogP contribution < -0.4 is 0 Å². The first-order valence-corrected chi connectivity index (χ1v) is 11.0. The fraction of sp³-hybridized carbons (Fsp3) is 0.600. The van der Waals surface area contributed by atoms with Crippen molar-refractivity contribution in [1.82, 2.24) is 0 Å². The van der Waals surface area contributed by atoms with Crippen LogP contribution in [0.3, 0.4) is 0 Å². The lowest BCUT2D eigenvalue weighted by molar-refractivity contribution is 0.0426. The van der Waals surface area contributed by atoms with Crippen molar-refractivity contribution in [3.63, 3.8) is 0 Å². The first kappa shape index (κ1) is 24.1. The molecule has 2 atom stereocenters. The molecule has 8 heteroatoms. The molecule has 0 spiro atoms. The molecule has 0 radical (unpaired) electrons. The van der Waals surface area contributed by atoms with Crippen molar-refractivity contribution in [2.75, 3.05) is 13.2 Å². The Hall–Kier alpha value is -1.93. The van der Waals surface area contributed by atoms with Crippen LogP contribution in [0, 0.1) is 11.8 Å². The summed E-state index contributed by atoms with van der Waals surface area (Å²) < 4.78 is 43.3. The predicted octanol–water partition coefficient (Wildman–Crippen LogP) is 4.12. The van der Waals surface area contributed by atoms with Crippen LogP contribution in [0.15, 0.2) is 23.1 Å². The van der Waals surface area contributed by atoms with Crippen molar-refractivity contribution in [2.24, 2.45) is 11.8 Å². The SMILES string of the molecule is CCCC(C)COC(=O)c1ccc(C(=O)OCC(C)CCC)c(S(=O)(=O)O)c1. The number of esters is 2. The van der Waals surface area contributed by atoms with Crippen LogP contribution in [0.2, 0.25) is 0 Å². The largest absolute Gasteiger partial charge is 0.462 e.